The fourth-order valence-electron chi connectivity index (χ4n) is 4.18. The largest absolute Gasteiger partial charge is 0.385 e. The van der Waals surface area contributed by atoms with Gasteiger partial charge in [-0.2, -0.15) is 0 Å². The van der Waals surface area contributed by atoms with Gasteiger partial charge in [0.15, 0.2) is 0 Å². The van der Waals surface area contributed by atoms with Crippen LogP contribution in [0.4, 0.5) is 5.82 Å². The van der Waals surface area contributed by atoms with E-state index in [0.29, 0.717) is 12.8 Å². The van der Waals surface area contributed by atoms with Crippen molar-refractivity contribution in [3.05, 3.63) is 89.4 Å². The van der Waals surface area contributed by atoms with Crippen LogP contribution in [-0.4, -0.2) is 33.9 Å². The molecule has 1 aromatic carbocycles. The van der Waals surface area contributed by atoms with Gasteiger partial charge in [-0.15, -0.1) is 0 Å². The van der Waals surface area contributed by atoms with Gasteiger partial charge in [0.25, 0.3) is 0 Å². The molecule has 5 heteroatoms. The van der Waals surface area contributed by atoms with E-state index in [4.69, 9.17) is 4.99 Å². The van der Waals surface area contributed by atoms with Crippen LogP contribution >= 0.6 is 0 Å². The van der Waals surface area contributed by atoms with Crippen LogP contribution in [-0.2, 0) is 12.1 Å². The van der Waals surface area contributed by atoms with Crippen LogP contribution in [0.15, 0.2) is 72.1 Å². The summed E-state index contributed by atoms with van der Waals surface area (Å²) in [4.78, 5) is 15.6. The Balaban J connectivity index is 1.36. The third-order valence-corrected chi connectivity index (χ3v) is 5.83. The molecule has 0 atom stereocenters. The van der Waals surface area contributed by atoms with Crippen LogP contribution in [0.25, 0.3) is 0 Å². The topological polar surface area (TPSA) is 61.6 Å². The number of hydrogen-bond acceptors (Lipinski definition) is 5. The summed E-state index contributed by atoms with van der Waals surface area (Å²) in [5.74, 6) is 0.946. The van der Waals surface area contributed by atoms with Gasteiger partial charge >= 0.3 is 0 Å². The van der Waals surface area contributed by atoms with Crippen LogP contribution < -0.4 is 4.90 Å². The molecule has 0 saturated carbocycles. The van der Waals surface area contributed by atoms with Crippen molar-refractivity contribution in [3.63, 3.8) is 0 Å². The number of hydrogen-bond donors (Lipinski definition) is 1. The van der Waals surface area contributed by atoms with Gasteiger partial charge < -0.3 is 10.0 Å². The summed E-state index contributed by atoms with van der Waals surface area (Å²) in [6, 6.07) is 16.4. The molecular weight excluding hydrogens is 348 g/mol. The Morgan fingerprint density at radius 3 is 2.54 bits per heavy atom. The summed E-state index contributed by atoms with van der Waals surface area (Å²) >= 11 is 0. The van der Waals surface area contributed by atoms with Crippen LogP contribution in [0.3, 0.4) is 0 Å². The van der Waals surface area contributed by atoms with Gasteiger partial charge in [0.05, 0.1) is 17.9 Å². The number of nitrogens with zero attached hydrogens (tertiary/aromatic N) is 4. The highest BCUT2D eigenvalue weighted by Crippen LogP contribution is 2.34. The Bertz CT molecular complexity index is 1020. The molecule has 2 aliphatic rings. The Morgan fingerprint density at radius 1 is 0.929 bits per heavy atom. The predicted octanol–water partition coefficient (Wildman–Crippen LogP) is 3.32. The summed E-state index contributed by atoms with van der Waals surface area (Å²) in [5, 5.41) is 11.0. The molecule has 0 spiro atoms. The normalized spacial score (nSPS) is 17.9. The first kappa shape index (κ1) is 17.1. The van der Waals surface area contributed by atoms with E-state index in [1.54, 1.807) is 12.4 Å². The van der Waals surface area contributed by atoms with E-state index < -0.39 is 5.60 Å². The van der Waals surface area contributed by atoms with Gasteiger partial charge in [-0.25, -0.2) is 4.98 Å². The first-order chi connectivity index (χ1) is 13.7. The molecule has 28 heavy (non-hydrogen) atoms. The van der Waals surface area contributed by atoms with Gasteiger partial charge in [-0.1, -0.05) is 24.3 Å². The lowest BCUT2D eigenvalue weighted by molar-refractivity contribution is 0.0116. The van der Waals surface area contributed by atoms with E-state index >= 15 is 0 Å². The Labute approximate surface area is 164 Å². The summed E-state index contributed by atoms with van der Waals surface area (Å²) in [5.41, 5.74) is 4.79. The number of aliphatic imine (C=N–C) groups is 1. The number of aliphatic hydroxyl groups is 1. The van der Waals surface area contributed by atoms with Crippen LogP contribution in [0, 0.1) is 0 Å². The molecule has 0 amide bonds. The fraction of sp³-hybridized carbons (Fsp3) is 0.261. The monoisotopic (exact) mass is 370 g/mol. The van der Waals surface area contributed by atoms with E-state index in [1.165, 1.54) is 11.1 Å². The van der Waals surface area contributed by atoms with Crippen molar-refractivity contribution in [2.24, 2.45) is 4.99 Å². The van der Waals surface area contributed by atoms with Crippen LogP contribution in [0.2, 0.25) is 0 Å². The Morgan fingerprint density at radius 2 is 1.71 bits per heavy atom. The third kappa shape index (κ3) is 2.98. The van der Waals surface area contributed by atoms with Crippen molar-refractivity contribution in [2.45, 2.75) is 25.0 Å². The number of aromatic nitrogens is 2. The molecule has 4 heterocycles. The molecule has 3 aromatic rings. The van der Waals surface area contributed by atoms with E-state index in [0.717, 1.165) is 42.3 Å². The molecule has 0 bridgehead atoms. The number of fused-ring (bicyclic) bond motifs is 1. The summed E-state index contributed by atoms with van der Waals surface area (Å²) in [7, 11) is 0. The average Bonchev–Trinajstić information content (AvgIpc) is 3.19. The smallest absolute Gasteiger partial charge is 0.129 e. The molecule has 1 saturated heterocycles. The van der Waals surface area contributed by atoms with E-state index in [9.17, 15) is 5.11 Å². The first-order valence-corrected chi connectivity index (χ1v) is 9.70. The zero-order valence-electron chi connectivity index (χ0n) is 15.6. The highest BCUT2D eigenvalue weighted by molar-refractivity contribution is 6.15. The summed E-state index contributed by atoms with van der Waals surface area (Å²) in [6.07, 6.45) is 6.69. The number of rotatable bonds is 3. The Kier molecular flexibility index (Phi) is 4.17. The molecule has 2 aromatic heterocycles. The summed E-state index contributed by atoms with van der Waals surface area (Å²) < 4.78 is 0. The maximum Gasteiger partial charge on any atom is 0.129 e. The second kappa shape index (κ2) is 6.84. The number of piperidine rings is 1. The molecule has 1 fully saturated rings. The highest BCUT2D eigenvalue weighted by Gasteiger charge is 2.34. The molecular formula is C23H22N4O. The quantitative estimate of drug-likeness (QED) is 0.768. The molecule has 5 rings (SSSR count). The minimum absolute atomic E-state index is 0.673. The minimum Gasteiger partial charge on any atom is -0.385 e. The number of anilines is 1. The van der Waals surface area contributed by atoms with Gasteiger partial charge in [0.1, 0.15) is 5.82 Å². The molecule has 1 N–H and O–H groups in total. The number of pyridine rings is 2. The van der Waals surface area contributed by atoms with Crippen molar-refractivity contribution in [3.8, 4) is 0 Å². The van der Waals surface area contributed by atoms with Crippen molar-refractivity contribution >= 4 is 11.5 Å². The SMILES string of the molecule is OC1(c2ccncc2)CCN(c2cc(C3=NCc4ccccc43)ccn2)CC1. The molecule has 0 radical (unpaired) electrons. The van der Waals surface area contributed by atoms with E-state index in [-0.39, 0.29) is 0 Å². The van der Waals surface area contributed by atoms with Crippen LogP contribution in [0.1, 0.15) is 35.1 Å². The van der Waals surface area contributed by atoms with Crippen molar-refractivity contribution in [1.29, 1.82) is 0 Å². The lowest BCUT2D eigenvalue weighted by Crippen LogP contribution is -2.43. The van der Waals surface area contributed by atoms with Crippen molar-refractivity contribution in [1.82, 2.24) is 9.97 Å². The van der Waals surface area contributed by atoms with Crippen molar-refractivity contribution < 1.29 is 5.11 Å². The van der Waals surface area contributed by atoms with E-state index in [1.807, 2.05) is 24.4 Å². The standard InChI is InChI=1S/C23H22N4O/c28-23(19-6-10-24-11-7-19)8-13-27(14-9-23)21-15-17(5-12-25-21)22-20-4-2-1-3-18(20)16-26-22/h1-7,10-12,15,28H,8-9,13-14,16H2. The Hall–Kier alpha value is -3.05. The lowest BCUT2D eigenvalue weighted by Gasteiger charge is -2.39. The van der Waals surface area contributed by atoms with Gasteiger partial charge in [0.2, 0.25) is 0 Å². The molecule has 5 nitrogen and oxygen atoms in total. The van der Waals surface area contributed by atoms with Gasteiger partial charge in [-0.05, 0) is 48.2 Å². The molecule has 140 valence electrons. The van der Waals surface area contributed by atoms with Crippen LogP contribution in [0.5, 0.6) is 0 Å². The van der Waals surface area contributed by atoms with E-state index in [2.05, 4.69) is 45.2 Å². The predicted molar refractivity (Wildman–Crippen MR) is 110 cm³/mol. The highest BCUT2D eigenvalue weighted by atomic mass is 16.3. The molecule has 0 aliphatic carbocycles. The lowest BCUT2D eigenvalue weighted by atomic mass is 9.85. The number of benzene rings is 1. The fourth-order valence-corrected chi connectivity index (χ4v) is 4.18. The van der Waals surface area contributed by atoms with Crippen molar-refractivity contribution in [2.75, 3.05) is 18.0 Å². The summed E-state index contributed by atoms with van der Waals surface area (Å²) in [6.45, 7) is 2.27. The van der Waals surface area contributed by atoms with Gasteiger partial charge in [-0.3, -0.25) is 9.98 Å². The minimum atomic E-state index is -0.786. The zero-order chi connectivity index (χ0) is 19.0. The first-order valence-electron chi connectivity index (χ1n) is 9.70. The molecule has 2 aliphatic heterocycles. The third-order valence-electron chi connectivity index (χ3n) is 5.83. The molecule has 0 unspecified atom stereocenters. The second-order valence-corrected chi connectivity index (χ2v) is 7.48. The maximum atomic E-state index is 11.0. The maximum absolute atomic E-state index is 11.0. The average molecular weight is 370 g/mol. The second-order valence-electron chi connectivity index (χ2n) is 7.48. The zero-order valence-corrected chi connectivity index (χ0v) is 15.6. The van der Waals surface area contributed by atoms with Gasteiger partial charge in [0, 0.05) is 42.8 Å².